The van der Waals surface area contributed by atoms with Crippen LogP contribution >= 0.6 is 11.6 Å². The maximum absolute atomic E-state index is 11.7. The number of carbonyl (C=O) groups is 1. The molecule has 3 nitrogen and oxygen atoms in total. The lowest BCUT2D eigenvalue weighted by molar-refractivity contribution is -0.122. The standard InChI is InChI=1S/C13H16ClNO2/c1-8(16)7-15-13(17)12-6-11(12)9-2-4-10(14)5-3-9/h2-5,8,11-12,16H,6-7H2,1H3,(H,15,17). The molecule has 17 heavy (non-hydrogen) atoms. The third-order valence-corrected chi connectivity index (χ3v) is 3.25. The molecule has 1 aliphatic rings. The zero-order valence-electron chi connectivity index (χ0n) is 9.69. The summed E-state index contributed by atoms with van der Waals surface area (Å²) in [6.45, 7) is 1.98. The Morgan fingerprint density at radius 1 is 1.53 bits per heavy atom. The quantitative estimate of drug-likeness (QED) is 0.862. The SMILES string of the molecule is CC(O)CNC(=O)C1CC1c1ccc(Cl)cc1. The van der Waals surface area contributed by atoms with Crippen LogP contribution in [0, 0.1) is 5.92 Å². The first-order chi connectivity index (χ1) is 8.08. The first-order valence-electron chi connectivity index (χ1n) is 5.79. The van der Waals surface area contributed by atoms with Crippen molar-refractivity contribution in [2.75, 3.05) is 6.54 Å². The van der Waals surface area contributed by atoms with E-state index in [-0.39, 0.29) is 11.8 Å². The fourth-order valence-electron chi connectivity index (χ4n) is 1.94. The first-order valence-corrected chi connectivity index (χ1v) is 6.17. The van der Waals surface area contributed by atoms with Gasteiger partial charge < -0.3 is 10.4 Å². The molecule has 0 aromatic heterocycles. The largest absolute Gasteiger partial charge is 0.392 e. The van der Waals surface area contributed by atoms with Crippen molar-refractivity contribution in [3.05, 3.63) is 34.9 Å². The molecule has 1 fully saturated rings. The van der Waals surface area contributed by atoms with Crippen LogP contribution in [-0.2, 0) is 4.79 Å². The van der Waals surface area contributed by atoms with Crippen LogP contribution in [0.1, 0.15) is 24.8 Å². The molecule has 0 saturated heterocycles. The zero-order chi connectivity index (χ0) is 12.4. The van der Waals surface area contributed by atoms with Gasteiger partial charge in [-0.05, 0) is 37.0 Å². The van der Waals surface area contributed by atoms with E-state index in [1.54, 1.807) is 6.92 Å². The summed E-state index contributed by atoms with van der Waals surface area (Å²) in [4.78, 5) is 11.7. The van der Waals surface area contributed by atoms with Gasteiger partial charge in [0.25, 0.3) is 0 Å². The maximum atomic E-state index is 11.7. The number of halogens is 1. The van der Waals surface area contributed by atoms with Gasteiger partial charge in [0, 0.05) is 17.5 Å². The predicted molar refractivity (Wildman–Crippen MR) is 67.0 cm³/mol. The highest BCUT2D eigenvalue weighted by atomic mass is 35.5. The molecule has 1 saturated carbocycles. The van der Waals surface area contributed by atoms with Gasteiger partial charge in [0.1, 0.15) is 0 Å². The van der Waals surface area contributed by atoms with Crippen molar-refractivity contribution in [1.29, 1.82) is 0 Å². The normalized spacial score (nSPS) is 24.2. The average Bonchev–Trinajstić information content (AvgIpc) is 3.07. The Kier molecular flexibility index (Phi) is 3.69. The molecule has 0 bridgehead atoms. The summed E-state index contributed by atoms with van der Waals surface area (Å²) in [5.74, 6) is 0.391. The lowest BCUT2D eigenvalue weighted by Gasteiger charge is -2.06. The molecular weight excluding hydrogens is 238 g/mol. The summed E-state index contributed by atoms with van der Waals surface area (Å²) in [6, 6.07) is 7.63. The van der Waals surface area contributed by atoms with E-state index in [9.17, 15) is 4.79 Å². The summed E-state index contributed by atoms with van der Waals surface area (Å²) in [5.41, 5.74) is 1.16. The van der Waals surface area contributed by atoms with Crippen molar-refractivity contribution < 1.29 is 9.90 Å². The Bertz CT molecular complexity index is 402. The van der Waals surface area contributed by atoms with Crippen LogP contribution in [0.15, 0.2) is 24.3 Å². The van der Waals surface area contributed by atoms with Crippen molar-refractivity contribution in [1.82, 2.24) is 5.32 Å². The Hall–Kier alpha value is -1.06. The average molecular weight is 254 g/mol. The van der Waals surface area contributed by atoms with E-state index < -0.39 is 6.10 Å². The van der Waals surface area contributed by atoms with Crippen LogP contribution in [0.3, 0.4) is 0 Å². The number of aliphatic hydroxyl groups is 1. The lowest BCUT2D eigenvalue weighted by atomic mass is 10.1. The second-order valence-corrected chi connectivity index (χ2v) is 5.03. The fourth-order valence-corrected chi connectivity index (χ4v) is 2.07. The summed E-state index contributed by atoms with van der Waals surface area (Å²) in [6.07, 6.45) is 0.388. The molecule has 1 amide bonds. The monoisotopic (exact) mass is 253 g/mol. The molecule has 2 rings (SSSR count). The van der Waals surface area contributed by atoms with E-state index in [1.807, 2.05) is 24.3 Å². The smallest absolute Gasteiger partial charge is 0.223 e. The van der Waals surface area contributed by atoms with Gasteiger partial charge in [0.05, 0.1) is 6.10 Å². The Morgan fingerprint density at radius 3 is 2.76 bits per heavy atom. The molecule has 0 spiro atoms. The number of hydrogen-bond donors (Lipinski definition) is 2. The summed E-state index contributed by atoms with van der Waals surface area (Å²) < 4.78 is 0. The van der Waals surface area contributed by atoms with Crippen molar-refractivity contribution >= 4 is 17.5 Å². The Labute approximate surface area is 106 Å². The summed E-state index contributed by atoms with van der Waals surface area (Å²) in [7, 11) is 0. The summed E-state index contributed by atoms with van der Waals surface area (Å²) in [5, 5.41) is 12.5. The second-order valence-electron chi connectivity index (χ2n) is 4.59. The third-order valence-electron chi connectivity index (χ3n) is 3.00. The minimum Gasteiger partial charge on any atom is -0.392 e. The molecule has 1 aromatic carbocycles. The molecule has 4 heteroatoms. The van der Waals surface area contributed by atoms with Gasteiger partial charge in [-0.25, -0.2) is 0 Å². The molecule has 0 radical (unpaired) electrons. The Balaban J connectivity index is 1.87. The van der Waals surface area contributed by atoms with Crippen molar-refractivity contribution in [2.24, 2.45) is 5.92 Å². The van der Waals surface area contributed by atoms with Gasteiger partial charge >= 0.3 is 0 Å². The predicted octanol–water partition coefficient (Wildman–Crippen LogP) is 1.94. The van der Waals surface area contributed by atoms with E-state index in [4.69, 9.17) is 16.7 Å². The Morgan fingerprint density at radius 2 is 2.18 bits per heavy atom. The van der Waals surface area contributed by atoms with Crippen molar-refractivity contribution in [3.63, 3.8) is 0 Å². The van der Waals surface area contributed by atoms with Gasteiger partial charge in [-0.15, -0.1) is 0 Å². The topological polar surface area (TPSA) is 49.3 Å². The van der Waals surface area contributed by atoms with Gasteiger partial charge in [0.15, 0.2) is 0 Å². The third kappa shape index (κ3) is 3.20. The van der Waals surface area contributed by atoms with Crippen molar-refractivity contribution in [2.45, 2.75) is 25.4 Å². The number of hydrogen-bond acceptors (Lipinski definition) is 2. The molecule has 0 heterocycles. The minimum absolute atomic E-state index is 0.0332. The van der Waals surface area contributed by atoms with Gasteiger partial charge in [-0.3, -0.25) is 4.79 Å². The van der Waals surface area contributed by atoms with Gasteiger partial charge in [-0.2, -0.15) is 0 Å². The molecule has 2 N–H and O–H groups in total. The number of rotatable bonds is 4. The van der Waals surface area contributed by atoms with E-state index in [0.29, 0.717) is 17.5 Å². The number of nitrogens with one attached hydrogen (secondary N) is 1. The fraction of sp³-hybridized carbons (Fsp3) is 0.462. The molecule has 0 aliphatic heterocycles. The number of carbonyl (C=O) groups excluding carboxylic acids is 1. The van der Waals surface area contributed by atoms with Gasteiger partial charge in [-0.1, -0.05) is 23.7 Å². The molecule has 1 aliphatic carbocycles. The van der Waals surface area contributed by atoms with Crippen LogP contribution in [-0.4, -0.2) is 23.7 Å². The van der Waals surface area contributed by atoms with Crippen LogP contribution < -0.4 is 5.32 Å². The molecule has 92 valence electrons. The molecule has 1 aromatic rings. The number of benzene rings is 1. The molecule has 3 unspecified atom stereocenters. The first kappa shape index (κ1) is 12.4. The zero-order valence-corrected chi connectivity index (χ0v) is 10.4. The highest BCUT2D eigenvalue weighted by Crippen LogP contribution is 2.47. The second kappa shape index (κ2) is 5.07. The highest BCUT2D eigenvalue weighted by Gasteiger charge is 2.43. The highest BCUT2D eigenvalue weighted by molar-refractivity contribution is 6.30. The van der Waals surface area contributed by atoms with Crippen LogP contribution in [0.5, 0.6) is 0 Å². The van der Waals surface area contributed by atoms with Crippen molar-refractivity contribution in [3.8, 4) is 0 Å². The lowest BCUT2D eigenvalue weighted by Crippen LogP contribution is -2.31. The molecular formula is C13H16ClNO2. The van der Waals surface area contributed by atoms with Crippen LogP contribution in [0.2, 0.25) is 5.02 Å². The minimum atomic E-state index is -0.494. The maximum Gasteiger partial charge on any atom is 0.223 e. The van der Waals surface area contributed by atoms with Crippen LogP contribution in [0.4, 0.5) is 0 Å². The van der Waals surface area contributed by atoms with E-state index in [0.717, 1.165) is 12.0 Å². The van der Waals surface area contributed by atoms with E-state index >= 15 is 0 Å². The van der Waals surface area contributed by atoms with E-state index in [1.165, 1.54) is 0 Å². The van der Waals surface area contributed by atoms with Crippen LogP contribution in [0.25, 0.3) is 0 Å². The van der Waals surface area contributed by atoms with E-state index in [2.05, 4.69) is 5.32 Å². The number of amides is 1. The summed E-state index contributed by atoms with van der Waals surface area (Å²) >= 11 is 5.81. The number of aliphatic hydroxyl groups excluding tert-OH is 1. The molecule has 3 atom stereocenters. The van der Waals surface area contributed by atoms with Gasteiger partial charge in [0.2, 0.25) is 5.91 Å².